The lowest BCUT2D eigenvalue weighted by Crippen LogP contribution is -2.32. The number of nitrogens with zero attached hydrogens (tertiary/aromatic N) is 2. The van der Waals surface area contributed by atoms with Crippen LogP contribution in [-0.2, 0) is 11.3 Å². The van der Waals surface area contributed by atoms with Crippen LogP contribution in [0.5, 0.6) is 0 Å². The summed E-state index contributed by atoms with van der Waals surface area (Å²) in [6.45, 7) is 2.03. The van der Waals surface area contributed by atoms with Crippen LogP contribution in [0.2, 0.25) is 0 Å². The van der Waals surface area contributed by atoms with Crippen LogP contribution in [0.15, 0.2) is 78.9 Å². The lowest BCUT2D eigenvalue weighted by atomic mass is 9.98. The maximum Gasteiger partial charge on any atom is 0.416 e. The van der Waals surface area contributed by atoms with Gasteiger partial charge in [0, 0.05) is 5.92 Å². The van der Waals surface area contributed by atoms with Gasteiger partial charge in [0.1, 0.15) is 11.5 Å². The van der Waals surface area contributed by atoms with Crippen molar-refractivity contribution in [1.82, 2.24) is 4.98 Å². The second-order valence-corrected chi connectivity index (χ2v) is 9.07. The average molecular weight is 471 g/mol. The minimum Gasteiger partial charge on any atom is -0.477 e. The van der Waals surface area contributed by atoms with Gasteiger partial charge in [-0.05, 0) is 34.7 Å². The van der Waals surface area contributed by atoms with Gasteiger partial charge in [-0.1, -0.05) is 90.2 Å². The van der Waals surface area contributed by atoms with Crippen LogP contribution in [-0.4, -0.2) is 28.8 Å². The van der Waals surface area contributed by atoms with E-state index in [1.54, 1.807) is 6.92 Å². The van der Waals surface area contributed by atoms with Crippen LogP contribution < -0.4 is 4.90 Å². The van der Waals surface area contributed by atoms with Crippen molar-refractivity contribution in [3.63, 3.8) is 0 Å². The lowest BCUT2D eigenvalue weighted by molar-refractivity contribution is 0.0701. The summed E-state index contributed by atoms with van der Waals surface area (Å²) in [5, 5.41) is 9.76. The predicted molar refractivity (Wildman–Crippen MR) is 132 cm³/mol. The summed E-state index contributed by atoms with van der Waals surface area (Å²) < 4.78 is 5.84. The number of carboxylic acid groups (broad SMARTS) is 1. The summed E-state index contributed by atoms with van der Waals surface area (Å²) in [6.07, 6.45) is -0.559. The minimum atomic E-state index is -1.06. The second kappa shape index (κ2) is 9.11. The number of amides is 1. The van der Waals surface area contributed by atoms with Crippen LogP contribution in [0.4, 0.5) is 9.93 Å². The second-order valence-electron chi connectivity index (χ2n) is 8.09. The maximum atomic E-state index is 13.3. The molecule has 0 radical (unpaired) electrons. The highest BCUT2D eigenvalue weighted by Crippen LogP contribution is 2.44. The van der Waals surface area contributed by atoms with Crippen molar-refractivity contribution in [3.8, 4) is 11.1 Å². The zero-order valence-corrected chi connectivity index (χ0v) is 19.3. The number of thiazole rings is 1. The molecule has 1 aliphatic rings. The molecule has 0 atom stereocenters. The van der Waals surface area contributed by atoms with Crippen molar-refractivity contribution in [2.75, 3.05) is 11.5 Å². The molecular formula is C27H22N2O4S. The van der Waals surface area contributed by atoms with Gasteiger partial charge in [-0.2, -0.15) is 0 Å². The SMILES string of the molecule is Cc1nc(N(Cc2ccccc2)C(=O)OCC2c3ccccc3-c3ccccc32)sc1C(=O)O. The van der Waals surface area contributed by atoms with Crippen LogP contribution in [0.3, 0.4) is 0 Å². The summed E-state index contributed by atoms with van der Waals surface area (Å²) in [4.78, 5) is 30.8. The van der Waals surface area contributed by atoms with Gasteiger partial charge in [-0.15, -0.1) is 0 Å². The molecule has 0 saturated carbocycles. The number of carbonyl (C=O) groups excluding carboxylic acids is 1. The molecule has 1 N–H and O–H groups in total. The van der Waals surface area contributed by atoms with Gasteiger partial charge in [0.2, 0.25) is 0 Å². The number of carboxylic acids is 1. The number of fused-ring (bicyclic) bond motifs is 3. The molecule has 6 nitrogen and oxygen atoms in total. The van der Waals surface area contributed by atoms with Crippen LogP contribution in [0.25, 0.3) is 11.1 Å². The first-order valence-corrected chi connectivity index (χ1v) is 11.7. The van der Waals surface area contributed by atoms with Gasteiger partial charge in [-0.25, -0.2) is 19.5 Å². The third-order valence-corrected chi connectivity index (χ3v) is 7.12. The van der Waals surface area contributed by atoms with E-state index >= 15 is 0 Å². The smallest absolute Gasteiger partial charge is 0.416 e. The largest absolute Gasteiger partial charge is 0.477 e. The number of hydrogen-bond donors (Lipinski definition) is 1. The van der Waals surface area contributed by atoms with Gasteiger partial charge in [0.05, 0.1) is 12.2 Å². The Labute approximate surface area is 201 Å². The van der Waals surface area contributed by atoms with Gasteiger partial charge in [-0.3, -0.25) is 0 Å². The molecule has 1 heterocycles. The van der Waals surface area contributed by atoms with E-state index < -0.39 is 12.1 Å². The van der Waals surface area contributed by atoms with E-state index in [9.17, 15) is 14.7 Å². The zero-order valence-electron chi connectivity index (χ0n) is 18.5. The molecule has 4 aromatic rings. The molecule has 1 amide bonds. The number of aryl methyl sites for hydroxylation is 1. The molecular weight excluding hydrogens is 448 g/mol. The van der Waals surface area contributed by atoms with E-state index in [1.807, 2.05) is 54.6 Å². The van der Waals surface area contributed by atoms with Crippen molar-refractivity contribution >= 4 is 28.5 Å². The number of rotatable bonds is 6. The van der Waals surface area contributed by atoms with Gasteiger partial charge < -0.3 is 9.84 Å². The molecule has 5 rings (SSSR count). The Hall–Kier alpha value is -3.97. The number of hydrogen-bond acceptors (Lipinski definition) is 5. The molecule has 0 unspecified atom stereocenters. The molecule has 0 spiro atoms. The minimum absolute atomic E-state index is 0.0671. The zero-order chi connectivity index (χ0) is 23.7. The molecule has 170 valence electrons. The fourth-order valence-corrected chi connectivity index (χ4v) is 5.24. The molecule has 7 heteroatoms. The fourth-order valence-electron chi connectivity index (χ4n) is 4.34. The molecule has 1 aliphatic carbocycles. The monoisotopic (exact) mass is 470 g/mol. The third kappa shape index (κ3) is 4.06. The Bertz CT molecular complexity index is 1320. The molecule has 34 heavy (non-hydrogen) atoms. The first-order chi connectivity index (χ1) is 16.5. The Balaban J connectivity index is 1.42. The van der Waals surface area contributed by atoms with Gasteiger partial charge in [0.15, 0.2) is 5.13 Å². The summed E-state index contributed by atoms with van der Waals surface area (Å²) in [5.74, 6) is -1.13. The van der Waals surface area contributed by atoms with Crippen molar-refractivity contribution in [2.45, 2.75) is 19.4 Å². The number of aromatic nitrogens is 1. The quantitative estimate of drug-likeness (QED) is 0.368. The average Bonchev–Trinajstić information content (AvgIpc) is 3.40. The first kappa shape index (κ1) is 21.9. The Morgan fingerprint density at radius 3 is 2.12 bits per heavy atom. The Kier molecular flexibility index (Phi) is 5.86. The molecule has 1 aromatic heterocycles. The van der Waals surface area contributed by atoms with E-state index in [4.69, 9.17) is 4.74 Å². The first-order valence-electron chi connectivity index (χ1n) is 10.9. The van der Waals surface area contributed by atoms with Crippen molar-refractivity contribution in [1.29, 1.82) is 0 Å². The molecule has 0 fully saturated rings. The van der Waals surface area contributed by atoms with Gasteiger partial charge in [0.25, 0.3) is 0 Å². The number of carbonyl (C=O) groups is 2. The number of anilines is 1. The molecule has 0 aliphatic heterocycles. The van der Waals surface area contributed by atoms with E-state index in [0.29, 0.717) is 10.8 Å². The van der Waals surface area contributed by atoms with Crippen LogP contribution >= 0.6 is 11.3 Å². The third-order valence-electron chi connectivity index (χ3n) is 5.95. The fraction of sp³-hybridized carbons (Fsp3) is 0.148. The van der Waals surface area contributed by atoms with Crippen molar-refractivity contribution in [2.24, 2.45) is 0 Å². The van der Waals surface area contributed by atoms with Gasteiger partial charge >= 0.3 is 12.1 Å². The number of ether oxygens (including phenoxy) is 1. The summed E-state index contributed by atoms with van der Waals surface area (Å²) in [5.41, 5.74) is 5.83. The van der Waals surface area contributed by atoms with Crippen molar-refractivity contribution in [3.05, 3.63) is 106 Å². The molecule has 3 aromatic carbocycles. The van der Waals surface area contributed by atoms with E-state index in [-0.39, 0.29) is 23.9 Å². The highest BCUT2D eigenvalue weighted by molar-refractivity contribution is 7.17. The van der Waals surface area contributed by atoms with E-state index in [1.165, 1.54) is 4.90 Å². The summed E-state index contributed by atoms with van der Waals surface area (Å²) >= 11 is 0.973. The topological polar surface area (TPSA) is 79.7 Å². The predicted octanol–water partition coefficient (Wildman–Crippen LogP) is 6.11. The van der Waals surface area contributed by atoms with Crippen molar-refractivity contribution < 1.29 is 19.4 Å². The number of aromatic carboxylic acids is 1. The Morgan fingerprint density at radius 2 is 1.53 bits per heavy atom. The van der Waals surface area contributed by atoms with E-state index in [0.717, 1.165) is 39.2 Å². The maximum absolute atomic E-state index is 13.3. The standard InChI is InChI=1S/C27H22N2O4S/c1-17-24(25(30)31)34-26(28-17)29(15-18-9-3-2-4-10-18)27(32)33-16-23-21-13-7-5-11-19(21)20-12-6-8-14-22(20)23/h2-14,23H,15-16H2,1H3,(H,30,31). The lowest BCUT2D eigenvalue weighted by Gasteiger charge is -2.21. The molecule has 0 bridgehead atoms. The number of benzene rings is 3. The highest BCUT2D eigenvalue weighted by Gasteiger charge is 2.31. The van der Waals surface area contributed by atoms with E-state index in [2.05, 4.69) is 29.2 Å². The van der Waals surface area contributed by atoms with Crippen LogP contribution in [0.1, 0.15) is 38.0 Å². The molecule has 0 saturated heterocycles. The summed E-state index contributed by atoms with van der Waals surface area (Å²) in [7, 11) is 0. The Morgan fingerprint density at radius 1 is 0.941 bits per heavy atom. The normalized spacial score (nSPS) is 12.1. The highest BCUT2D eigenvalue weighted by atomic mass is 32.1. The van der Waals surface area contributed by atoms with Crippen LogP contribution in [0, 0.1) is 6.92 Å². The summed E-state index contributed by atoms with van der Waals surface area (Å²) in [6, 6.07) is 25.8.